The molecule has 0 unspecified atom stereocenters. The molecule has 0 aliphatic rings. The monoisotopic (exact) mass is 385 g/mol. The number of aryl methyl sites for hydroxylation is 1. The van der Waals surface area contributed by atoms with Crippen molar-refractivity contribution in [1.29, 1.82) is 0 Å². The van der Waals surface area contributed by atoms with E-state index in [-0.39, 0.29) is 5.91 Å². The van der Waals surface area contributed by atoms with Crippen LogP contribution in [0.4, 0.5) is 11.6 Å². The lowest BCUT2D eigenvalue weighted by Crippen LogP contribution is -2.16. The summed E-state index contributed by atoms with van der Waals surface area (Å²) in [6, 6.07) is 19.8. The van der Waals surface area contributed by atoms with Gasteiger partial charge in [0.15, 0.2) is 5.82 Å². The Labute approximate surface area is 169 Å². The number of hydrogen-bond donors (Lipinski definition) is 3. The summed E-state index contributed by atoms with van der Waals surface area (Å²) in [5, 5.41) is 15.5. The summed E-state index contributed by atoms with van der Waals surface area (Å²) < 4.78 is 0. The predicted molar refractivity (Wildman–Crippen MR) is 116 cm³/mol. The maximum absolute atomic E-state index is 12.2. The number of anilines is 2. The molecular formula is C23H23N5O. The van der Waals surface area contributed by atoms with Crippen LogP contribution in [-0.2, 0) is 17.6 Å². The molecular weight excluding hydrogens is 362 g/mol. The van der Waals surface area contributed by atoms with E-state index in [1.807, 2.05) is 55.6 Å². The number of nitrogens with one attached hydrogen (secondary N) is 3. The first kappa shape index (κ1) is 18.7. The van der Waals surface area contributed by atoms with Crippen LogP contribution in [0.15, 0.2) is 66.9 Å². The van der Waals surface area contributed by atoms with E-state index in [0.29, 0.717) is 18.1 Å². The van der Waals surface area contributed by atoms with Crippen molar-refractivity contribution in [2.75, 3.05) is 17.2 Å². The smallest absolute Gasteiger partial charge is 0.229 e. The Bertz CT molecular complexity index is 1100. The van der Waals surface area contributed by atoms with Crippen LogP contribution >= 0.6 is 0 Å². The maximum Gasteiger partial charge on any atom is 0.229 e. The molecule has 0 saturated carbocycles. The predicted octanol–water partition coefficient (Wildman–Crippen LogP) is 4.10. The second-order valence-electron chi connectivity index (χ2n) is 7.05. The average molecular weight is 385 g/mol. The summed E-state index contributed by atoms with van der Waals surface area (Å²) in [5.41, 5.74) is 4.55. The van der Waals surface area contributed by atoms with Gasteiger partial charge in [0.05, 0.1) is 6.42 Å². The van der Waals surface area contributed by atoms with Crippen LogP contribution < -0.4 is 10.6 Å². The number of rotatable bonds is 7. The molecule has 0 radical (unpaired) electrons. The lowest BCUT2D eigenvalue weighted by atomic mass is 10.1. The zero-order valence-corrected chi connectivity index (χ0v) is 16.3. The summed E-state index contributed by atoms with van der Waals surface area (Å²) in [6.45, 7) is 2.77. The summed E-state index contributed by atoms with van der Waals surface area (Å²) in [5.74, 6) is 1.02. The van der Waals surface area contributed by atoms with Crippen LogP contribution in [0.5, 0.6) is 0 Å². The zero-order valence-electron chi connectivity index (χ0n) is 16.3. The highest BCUT2D eigenvalue weighted by Gasteiger charge is 2.06. The number of aromatic nitrogens is 3. The molecule has 1 amide bonds. The van der Waals surface area contributed by atoms with E-state index >= 15 is 0 Å². The van der Waals surface area contributed by atoms with Gasteiger partial charge in [-0.3, -0.25) is 4.79 Å². The molecule has 0 bridgehead atoms. The van der Waals surface area contributed by atoms with Gasteiger partial charge in [-0.2, -0.15) is 0 Å². The number of benzene rings is 2. The Morgan fingerprint density at radius 3 is 2.52 bits per heavy atom. The topological polar surface area (TPSA) is 82.7 Å². The molecule has 2 aromatic carbocycles. The van der Waals surface area contributed by atoms with Gasteiger partial charge in [0.25, 0.3) is 0 Å². The molecule has 2 heterocycles. The molecule has 0 saturated heterocycles. The van der Waals surface area contributed by atoms with Gasteiger partial charge in [-0.25, -0.2) is 0 Å². The normalized spacial score (nSPS) is 10.8. The average Bonchev–Trinajstić information content (AvgIpc) is 3.14. The van der Waals surface area contributed by atoms with Crippen LogP contribution in [0.25, 0.3) is 10.9 Å². The number of H-pyrrole nitrogens is 1. The van der Waals surface area contributed by atoms with E-state index in [4.69, 9.17) is 0 Å². The molecule has 6 heteroatoms. The molecule has 2 aromatic heterocycles. The fourth-order valence-electron chi connectivity index (χ4n) is 3.24. The van der Waals surface area contributed by atoms with Crippen molar-refractivity contribution >= 4 is 28.4 Å². The largest absolute Gasteiger partial charge is 0.368 e. The van der Waals surface area contributed by atoms with Crippen molar-refractivity contribution < 1.29 is 4.79 Å². The van der Waals surface area contributed by atoms with Crippen molar-refractivity contribution in [2.24, 2.45) is 0 Å². The highest BCUT2D eigenvalue weighted by Crippen LogP contribution is 2.18. The lowest BCUT2D eigenvalue weighted by Gasteiger charge is -2.07. The van der Waals surface area contributed by atoms with Crippen molar-refractivity contribution in [2.45, 2.75) is 19.8 Å². The molecule has 0 fully saturated rings. The van der Waals surface area contributed by atoms with Crippen LogP contribution in [0.1, 0.15) is 16.7 Å². The fourth-order valence-corrected chi connectivity index (χ4v) is 3.24. The van der Waals surface area contributed by atoms with Gasteiger partial charge in [-0.05, 0) is 42.7 Å². The number of aromatic amines is 1. The van der Waals surface area contributed by atoms with Crippen molar-refractivity contribution in [3.63, 3.8) is 0 Å². The van der Waals surface area contributed by atoms with Gasteiger partial charge in [-0.15, -0.1) is 10.2 Å². The molecule has 0 aliphatic heterocycles. The van der Waals surface area contributed by atoms with Gasteiger partial charge in [0.2, 0.25) is 5.91 Å². The SMILES string of the molecule is Cc1ccc(CC(=O)Nc2ccc(NCCc3c[nH]c4ccccc34)nn2)cc1. The third-order valence-electron chi connectivity index (χ3n) is 4.79. The number of carbonyl (C=O) groups is 1. The Morgan fingerprint density at radius 2 is 1.72 bits per heavy atom. The van der Waals surface area contributed by atoms with E-state index in [1.54, 1.807) is 6.07 Å². The number of fused-ring (bicyclic) bond motifs is 1. The van der Waals surface area contributed by atoms with Crippen LogP contribution in [0.3, 0.4) is 0 Å². The third kappa shape index (κ3) is 4.79. The summed E-state index contributed by atoms with van der Waals surface area (Å²) in [4.78, 5) is 15.5. The van der Waals surface area contributed by atoms with Crippen molar-refractivity contribution in [1.82, 2.24) is 15.2 Å². The summed E-state index contributed by atoms with van der Waals surface area (Å²) in [7, 11) is 0. The van der Waals surface area contributed by atoms with Crippen LogP contribution in [-0.4, -0.2) is 27.6 Å². The third-order valence-corrected chi connectivity index (χ3v) is 4.79. The van der Waals surface area contributed by atoms with Crippen LogP contribution in [0, 0.1) is 6.92 Å². The Balaban J connectivity index is 1.27. The molecule has 0 aliphatic carbocycles. The molecule has 3 N–H and O–H groups in total. The minimum Gasteiger partial charge on any atom is -0.368 e. The first-order valence-corrected chi connectivity index (χ1v) is 9.65. The van der Waals surface area contributed by atoms with E-state index in [2.05, 4.69) is 37.9 Å². The van der Waals surface area contributed by atoms with Gasteiger partial charge >= 0.3 is 0 Å². The summed E-state index contributed by atoms with van der Waals surface area (Å²) in [6.07, 6.45) is 3.23. The van der Waals surface area contributed by atoms with Gasteiger partial charge in [0, 0.05) is 23.6 Å². The zero-order chi connectivity index (χ0) is 20.1. The lowest BCUT2D eigenvalue weighted by molar-refractivity contribution is -0.115. The first-order chi connectivity index (χ1) is 14.2. The number of amides is 1. The molecule has 0 spiro atoms. The number of carbonyl (C=O) groups excluding carboxylic acids is 1. The standard InChI is InChI=1S/C23H23N5O/c1-16-6-8-17(9-7-16)14-23(29)26-22-11-10-21(27-28-22)24-13-12-18-15-25-20-5-3-2-4-19(18)20/h2-11,15,25H,12-14H2,1H3,(H,24,27)(H,26,28,29). The maximum atomic E-state index is 12.2. The van der Waals surface area contributed by atoms with E-state index < -0.39 is 0 Å². The number of para-hydroxylation sites is 1. The van der Waals surface area contributed by atoms with E-state index in [0.717, 1.165) is 24.0 Å². The fraction of sp³-hybridized carbons (Fsp3) is 0.174. The van der Waals surface area contributed by atoms with Crippen LogP contribution in [0.2, 0.25) is 0 Å². The molecule has 6 nitrogen and oxygen atoms in total. The Hall–Kier alpha value is -3.67. The molecule has 29 heavy (non-hydrogen) atoms. The minimum absolute atomic E-state index is 0.108. The molecule has 146 valence electrons. The minimum atomic E-state index is -0.108. The van der Waals surface area contributed by atoms with Gasteiger partial charge in [-0.1, -0.05) is 48.0 Å². The quantitative estimate of drug-likeness (QED) is 0.447. The molecule has 4 rings (SSSR count). The Kier molecular flexibility index (Phi) is 5.52. The highest BCUT2D eigenvalue weighted by molar-refractivity contribution is 5.91. The van der Waals surface area contributed by atoms with E-state index in [1.165, 1.54) is 16.5 Å². The number of nitrogens with zero attached hydrogens (tertiary/aromatic N) is 2. The first-order valence-electron chi connectivity index (χ1n) is 9.65. The molecule has 0 atom stereocenters. The molecule has 4 aromatic rings. The van der Waals surface area contributed by atoms with Crippen molar-refractivity contribution in [3.05, 3.63) is 83.6 Å². The number of hydrogen-bond acceptors (Lipinski definition) is 4. The second-order valence-corrected chi connectivity index (χ2v) is 7.05. The van der Waals surface area contributed by atoms with Gasteiger partial charge in [0.1, 0.15) is 5.82 Å². The Morgan fingerprint density at radius 1 is 0.966 bits per heavy atom. The highest BCUT2D eigenvalue weighted by atomic mass is 16.1. The second kappa shape index (κ2) is 8.56. The summed E-state index contributed by atoms with van der Waals surface area (Å²) >= 11 is 0. The van der Waals surface area contributed by atoms with E-state index in [9.17, 15) is 4.79 Å². The van der Waals surface area contributed by atoms with Gasteiger partial charge < -0.3 is 15.6 Å². The van der Waals surface area contributed by atoms with Crippen molar-refractivity contribution in [3.8, 4) is 0 Å².